The fourth-order valence-electron chi connectivity index (χ4n) is 2.51. The predicted octanol–water partition coefficient (Wildman–Crippen LogP) is 3.81. The Balaban J connectivity index is 2.04. The van der Waals surface area contributed by atoms with Gasteiger partial charge in [0.15, 0.2) is 0 Å². The molecular formula is C16H15ClN2O. The van der Waals surface area contributed by atoms with E-state index in [0.717, 1.165) is 11.3 Å². The van der Waals surface area contributed by atoms with E-state index < -0.39 is 0 Å². The van der Waals surface area contributed by atoms with E-state index in [2.05, 4.69) is 30.5 Å². The van der Waals surface area contributed by atoms with Crippen LogP contribution in [0.2, 0.25) is 5.02 Å². The van der Waals surface area contributed by atoms with Crippen molar-refractivity contribution in [3.05, 3.63) is 63.7 Å². The summed E-state index contributed by atoms with van der Waals surface area (Å²) < 4.78 is 0. The lowest BCUT2D eigenvalue weighted by Crippen LogP contribution is -2.39. The monoisotopic (exact) mass is 286 g/mol. The summed E-state index contributed by atoms with van der Waals surface area (Å²) in [5, 5.41) is 6.76. The lowest BCUT2D eigenvalue weighted by atomic mass is 9.99. The maximum Gasteiger partial charge on any atom is 0.256 e. The molecule has 0 saturated carbocycles. The van der Waals surface area contributed by atoms with E-state index in [1.54, 1.807) is 6.07 Å². The van der Waals surface area contributed by atoms with Gasteiger partial charge in [-0.25, -0.2) is 0 Å². The van der Waals surface area contributed by atoms with Crippen molar-refractivity contribution in [2.75, 3.05) is 5.32 Å². The Morgan fingerprint density at radius 3 is 2.60 bits per heavy atom. The summed E-state index contributed by atoms with van der Waals surface area (Å²) in [6.07, 6.45) is -0.228. The van der Waals surface area contributed by atoms with Crippen molar-refractivity contribution < 1.29 is 4.79 Å². The minimum Gasteiger partial charge on any atom is -0.361 e. The first-order chi connectivity index (χ1) is 9.58. The molecule has 2 N–H and O–H groups in total. The average Bonchev–Trinajstić information content (AvgIpc) is 2.41. The van der Waals surface area contributed by atoms with Crippen LogP contribution in [0.4, 0.5) is 5.69 Å². The van der Waals surface area contributed by atoms with Crippen molar-refractivity contribution >= 4 is 23.2 Å². The summed E-state index contributed by atoms with van der Waals surface area (Å²) in [4.78, 5) is 12.3. The van der Waals surface area contributed by atoms with Crippen LogP contribution in [0.25, 0.3) is 0 Å². The van der Waals surface area contributed by atoms with Crippen molar-refractivity contribution in [1.82, 2.24) is 5.32 Å². The Labute approximate surface area is 123 Å². The van der Waals surface area contributed by atoms with Gasteiger partial charge in [0.05, 0.1) is 16.3 Å². The normalized spacial score (nSPS) is 17.1. The molecule has 2 aromatic rings. The Morgan fingerprint density at radius 1 is 1.05 bits per heavy atom. The van der Waals surface area contributed by atoms with E-state index in [-0.39, 0.29) is 12.1 Å². The second-order valence-corrected chi connectivity index (χ2v) is 5.41. The van der Waals surface area contributed by atoms with Crippen molar-refractivity contribution in [1.29, 1.82) is 0 Å². The first-order valence-electron chi connectivity index (χ1n) is 6.50. The van der Waals surface area contributed by atoms with E-state index in [1.165, 1.54) is 11.1 Å². The number of rotatable bonds is 1. The van der Waals surface area contributed by atoms with Crippen LogP contribution in [0.5, 0.6) is 0 Å². The minimum absolute atomic E-state index is 0.143. The highest BCUT2D eigenvalue weighted by molar-refractivity contribution is 6.34. The zero-order chi connectivity index (χ0) is 14.3. The van der Waals surface area contributed by atoms with Gasteiger partial charge in [-0.2, -0.15) is 0 Å². The van der Waals surface area contributed by atoms with Crippen LogP contribution in [0.15, 0.2) is 36.4 Å². The zero-order valence-corrected chi connectivity index (χ0v) is 12.1. The number of amides is 1. The highest BCUT2D eigenvalue weighted by atomic mass is 35.5. The Hall–Kier alpha value is -2.00. The van der Waals surface area contributed by atoms with Gasteiger partial charge in [-0.05, 0) is 42.7 Å². The van der Waals surface area contributed by atoms with Crippen LogP contribution < -0.4 is 10.6 Å². The molecule has 1 atom stereocenters. The molecule has 102 valence electrons. The number of carbonyl (C=O) groups excluding carboxylic acids is 1. The Morgan fingerprint density at radius 2 is 1.80 bits per heavy atom. The molecule has 1 aliphatic heterocycles. The highest BCUT2D eigenvalue weighted by Crippen LogP contribution is 2.32. The number of halogens is 1. The highest BCUT2D eigenvalue weighted by Gasteiger charge is 2.27. The van der Waals surface area contributed by atoms with Crippen LogP contribution in [0.3, 0.4) is 0 Å². The second-order valence-electron chi connectivity index (χ2n) is 5.00. The van der Waals surface area contributed by atoms with Crippen LogP contribution >= 0.6 is 11.6 Å². The smallest absolute Gasteiger partial charge is 0.256 e. The third-order valence-corrected chi connectivity index (χ3v) is 4.09. The average molecular weight is 287 g/mol. The number of aryl methyl sites for hydroxylation is 1. The standard InChI is InChI=1S/C16H15ClN2O/c1-9-5-3-6-11(10(9)2)15-18-13-8-4-7-12(17)14(13)16(20)19-15/h3-8,15,18H,1-2H3,(H,19,20). The SMILES string of the molecule is Cc1cccc(C2NC(=O)c3c(Cl)cccc3N2)c1C. The quantitative estimate of drug-likeness (QED) is 0.837. The number of anilines is 1. The molecular weight excluding hydrogens is 272 g/mol. The minimum atomic E-state index is -0.228. The van der Waals surface area contributed by atoms with E-state index in [0.29, 0.717) is 10.6 Å². The second kappa shape index (κ2) is 4.84. The van der Waals surface area contributed by atoms with Crippen molar-refractivity contribution in [3.63, 3.8) is 0 Å². The molecule has 0 spiro atoms. The molecule has 3 rings (SSSR count). The molecule has 0 fully saturated rings. The van der Waals surface area contributed by atoms with Gasteiger partial charge in [0.25, 0.3) is 5.91 Å². The lowest BCUT2D eigenvalue weighted by Gasteiger charge is -2.30. The summed E-state index contributed by atoms with van der Waals surface area (Å²) in [6, 6.07) is 11.5. The molecule has 1 unspecified atom stereocenters. The van der Waals surface area contributed by atoms with Gasteiger partial charge in [0.1, 0.15) is 6.17 Å². The predicted molar refractivity (Wildman–Crippen MR) is 81.2 cm³/mol. The largest absolute Gasteiger partial charge is 0.361 e. The van der Waals surface area contributed by atoms with Crippen LogP contribution in [-0.4, -0.2) is 5.91 Å². The Bertz CT molecular complexity index is 697. The number of nitrogens with one attached hydrogen (secondary N) is 2. The molecule has 1 aliphatic rings. The third kappa shape index (κ3) is 2.04. The van der Waals surface area contributed by atoms with Crippen molar-refractivity contribution in [3.8, 4) is 0 Å². The molecule has 1 amide bonds. The van der Waals surface area contributed by atoms with Gasteiger partial charge in [0.2, 0.25) is 0 Å². The number of hydrogen-bond donors (Lipinski definition) is 2. The van der Waals surface area contributed by atoms with Gasteiger partial charge >= 0.3 is 0 Å². The number of benzene rings is 2. The van der Waals surface area contributed by atoms with E-state index >= 15 is 0 Å². The maximum atomic E-state index is 12.3. The van der Waals surface area contributed by atoms with E-state index in [4.69, 9.17) is 11.6 Å². The molecule has 0 aromatic heterocycles. The van der Waals surface area contributed by atoms with Crippen molar-refractivity contribution in [2.45, 2.75) is 20.0 Å². The Kier molecular flexibility index (Phi) is 3.14. The molecule has 2 aromatic carbocycles. The van der Waals surface area contributed by atoms with Gasteiger partial charge in [-0.1, -0.05) is 35.9 Å². The molecule has 0 saturated heterocycles. The van der Waals surface area contributed by atoms with E-state index in [9.17, 15) is 4.79 Å². The fourth-order valence-corrected chi connectivity index (χ4v) is 2.77. The molecule has 0 radical (unpaired) electrons. The summed E-state index contributed by atoms with van der Waals surface area (Å²) in [5.74, 6) is -0.143. The maximum absolute atomic E-state index is 12.3. The summed E-state index contributed by atoms with van der Waals surface area (Å²) in [5.41, 5.74) is 4.73. The number of carbonyl (C=O) groups is 1. The van der Waals surface area contributed by atoms with E-state index in [1.807, 2.05) is 24.3 Å². The van der Waals surface area contributed by atoms with Gasteiger partial charge in [0, 0.05) is 0 Å². The molecule has 1 heterocycles. The number of fused-ring (bicyclic) bond motifs is 1. The van der Waals surface area contributed by atoms with Crippen molar-refractivity contribution in [2.24, 2.45) is 0 Å². The van der Waals surface area contributed by atoms with Gasteiger partial charge in [-0.15, -0.1) is 0 Å². The van der Waals surface area contributed by atoms with Crippen LogP contribution in [0, 0.1) is 13.8 Å². The summed E-state index contributed by atoms with van der Waals surface area (Å²) in [7, 11) is 0. The molecule has 0 aliphatic carbocycles. The van der Waals surface area contributed by atoms with Crippen LogP contribution in [-0.2, 0) is 0 Å². The topological polar surface area (TPSA) is 41.1 Å². The third-order valence-electron chi connectivity index (χ3n) is 3.77. The summed E-state index contributed by atoms with van der Waals surface area (Å²) >= 11 is 6.09. The summed E-state index contributed by atoms with van der Waals surface area (Å²) in [6.45, 7) is 4.13. The number of hydrogen-bond acceptors (Lipinski definition) is 2. The molecule has 3 nitrogen and oxygen atoms in total. The first kappa shape index (κ1) is 13.0. The first-order valence-corrected chi connectivity index (χ1v) is 6.88. The fraction of sp³-hybridized carbons (Fsp3) is 0.188. The zero-order valence-electron chi connectivity index (χ0n) is 11.3. The van der Waals surface area contributed by atoms with Gasteiger partial charge < -0.3 is 10.6 Å². The molecule has 20 heavy (non-hydrogen) atoms. The van der Waals surface area contributed by atoms with Gasteiger partial charge in [-0.3, -0.25) is 4.79 Å². The lowest BCUT2D eigenvalue weighted by molar-refractivity contribution is 0.0936. The molecule has 0 bridgehead atoms. The van der Waals surface area contributed by atoms with Crippen LogP contribution in [0.1, 0.15) is 33.2 Å². The molecule has 4 heteroatoms.